The first kappa shape index (κ1) is 19.9. The van der Waals surface area contributed by atoms with E-state index in [0.717, 1.165) is 19.6 Å². The molecule has 0 amide bonds. The molecule has 5 heteroatoms. The predicted octanol–water partition coefficient (Wildman–Crippen LogP) is 3.53. The highest BCUT2D eigenvalue weighted by molar-refractivity contribution is 5.79. The number of rotatable bonds is 8. The molecule has 0 atom stereocenters. The third kappa shape index (κ3) is 6.15. The summed E-state index contributed by atoms with van der Waals surface area (Å²) >= 11 is 0. The molecule has 2 rings (SSSR count). The Morgan fingerprint density at radius 3 is 2.15 bits per heavy atom. The van der Waals surface area contributed by atoms with Gasteiger partial charge in [0.25, 0.3) is 0 Å². The van der Waals surface area contributed by atoms with Crippen molar-refractivity contribution in [3.63, 3.8) is 0 Å². The molecule has 0 saturated heterocycles. The fourth-order valence-corrected chi connectivity index (χ4v) is 2.70. The van der Waals surface area contributed by atoms with E-state index in [2.05, 4.69) is 58.6 Å². The molecule has 0 aliphatic heterocycles. The molecular formula is C21H29FN4. The van der Waals surface area contributed by atoms with Crippen molar-refractivity contribution >= 4 is 5.96 Å². The van der Waals surface area contributed by atoms with Crippen molar-refractivity contribution in [2.45, 2.75) is 33.5 Å². The Hall–Kier alpha value is -2.40. The van der Waals surface area contributed by atoms with Crippen molar-refractivity contribution < 1.29 is 4.39 Å². The fraction of sp³-hybridized carbons (Fsp3) is 0.381. The lowest BCUT2D eigenvalue weighted by atomic mass is 10.1. The quantitative estimate of drug-likeness (QED) is 0.561. The van der Waals surface area contributed by atoms with Gasteiger partial charge in [-0.05, 0) is 30.3 Å². The maximum absolute atomic E-state index is 13.7. The zero-order valence-electron chi connectivity index (χ0n) is 15.9. The molecule has 0 radical (unpaired) electrons. The third-order valence-corrected chi connectivity index (χ3v) is 4.41. The van der Waals surface area contributed by atoms with Crippen LogP contribution >= 0.6 is 0 Å². The monoisotopic (exact) mass is 356 g/mol. The summed E-state index contributed by atoms with van der Waals surface area (Å²) in [4.78, 5) is 6.58. The molecule has 0 fully saturated rings. The summed E-state index contributed by atoms with van der Waals surface area (Å²) in [5.41, 5.74) is 3.12. The van der Waals surface area contributed by atoms with Gasteiger partial charge in [-0.25, -0.2) is 4.39 Å². The van der Waals surface area contributed by atoms with Gasteiger partial charge in [0.2, 0.25) is 0 Å². The summed E-state index contributed by atoms with van der Waals surface area (Å²) < 4.78 is 13.7. The first-order chi connectivity index (χ1) is 12.7. The molecule has 2 aromatic carbocycles. The van der Waals surface area contributed by atoms with Crippen LogP contribution in [0.1, 0.15) is 30.5 Å². The predicted molar refractivity (Wildman–Crippen MR) is 107 cm³/mol. The van der Waals surface area contributed by atoms with Crippen molar-refractivity contribution in [2.24, 2.45) is 4.99 Å². The molecule has 26 heavy (non-hydrogen) atoms. The Kier molecular flexibility index (Phi) is 8.09. The van der Waals surface area contributed by atoms with E-state index in [9.17, 15) is 4.39 Å². The maximum Gasteiger partial charge on any atom is 0.191 e. The van der Waals surface area contributed by atoms with Crippen LogP contribution in [0.3, 0.4) is 0 Å². The lowest BCUT2D eigenvalue weighted by molar-refractivity contribution is 0.296. The molecule has 0 aliphatic rings. The van der Waals surface area contributed by atoms with Gasteiger partial charge in [0.15, 0.2) is 5.96 Å². The van der Waals surface area contributed by atoms with Gasteiger partial charge in [-0.3, -0.25) is 9.89 Å². The summed E-state index contributed by atoms with van der Waals surface area (Å²) in [6, 6.07) is 15.4. The highest BCUT2D eigenvalue weighted by Crippen LogP contribution is 2.08. The van der Waals surface area contributed by atoms with Gasteiger partial charge < -0.3 is 10.6 Å². The van der Waals surface area contributed by atoms with Crippen LogP contribution in [0, 0.1) is 5.82 Å². The van der Waals surface area contributed by atoms with Gasteiger partial charge >= 0.3 is 0 Å². The van der Waals surface area contributed by atoms with Crippen molar-refractivity contribution in [1.29, 1.82) is 0 Å². The standard InChI is InChI=1S/C21H29FN4/c1-4-26(5-2)16-18-12-10-17(11-13-18)14-24-21(23-3)25-15-19-8-6-7-9-20(19)22/h6-13H,4-5,14-16H2,1-3H3,(H2,23,24,25). The van der Waals surface area contributed by atoms with Crippen LogP contribution in [0.4, 0.5) is 4.39 Å². The summed E-state index contributed by atoms with van der Waals surface area (Å²) in [6.45, 7) is 8.53. The molecule has 0 heterocycles. The van der Waals surface area contributed by atoms with Crippen LogP contribution in [0.25, 0.3) is 0 Å². The Morgan fingerprint density at radius 2 is 1.54 bits per heavy atom. The Balaban J connectivity index is 1.83. The molecule has 0 bridgehead atoms. The van der Waals surface area contributed by atoms with Gasteiger partial charge in [-0.15, -0.1) is 0 Å². The maximum atomic E-state index is 13.7. The van der Waals surface area contributed by atoms with E-state index in [1.54, 1.807) is 19.2 Å². The molecule has 2 aromatic rings. The van der Waals surface area contributed by atoms with Gasteiger partial charge in [0.05, 0.1) is 0 Å². The number of aliphatic imine (C=N–C) groups is 1. The zero-order valence-corrected chi connectivity index (χ0v) is 15.9. The smallest absolute Gasteiger partial charge is 0.191 e. The van der Waals surface area contributed by atoms with Crippen molar-refractivity contribution in [3.05, 3.63) is 71.0 Å². The number of nitrogens with zero attached hydrogens (tertiary/aromatic N) is 2. The summed E-state index contributed by atoms with van der Waals surface area (Å²) in [7, 11) is 1.71. The normalized spacial score (nSPS) is 11.7. The van der Waals surface area contributed by atoms with Crippen LogP contribution in [-0.2, 0) is 19.6 Å². The molecule has 0 aliphatic carbocycles. The van der Waals surface area contributed by atoms with E-state index in [0.29, 0.717) is 24.6 Å². The molecule has 140 valence electrons. The Bertz CT molecular complexity index is 693. The van der Waals surface area contributed by atoms with E-state index in [-0.39, 0.29) is 5.82 Å². The molecular weight excluding hydrogens is 327 g/mol. The minimum atomic E-state index is -0.209. The van der Waals surface area contributed by atoms with Crippen molar-refractivity contribution in [3.8, 4) is 0 Å². The van der Waals surface area contributed by atoms with E-state index < -0.39 is 0 Å². The zero-order chi connectivity index (χ0) is 18.8. The van der Waals surface area contributed by atoms with Crippen LogP contribution < -0.4 is 10.6 Å². The number of hydrogen-bond acceptors (Lipinski definition) is 2. The molecule has 0 unspecified atom stereocenters. The number of hydrogen-bond donors (Lipinski definition) is 2. The van der Waals surface area contributed by atoms with E-state index in [1.807, 2.05) is 6.07 Å². The Labute approximate surface area is 156 Å². The van der Waals surface area contributed by atoms with Crippen LogP contribution in [0.2, 0.25) is 0 Å². The minimum Gasteiger partial charge on any atom is -0.352 e. The lowest BCUT2D eigenvalue weighted by Gasteiger charge is -2.18. The van der Waals surface area contributed by atoms with Gasteiger partial charge in [-0.2, -0.15) is 0 Å². The van der Waals surface area contributed by atoms with E-state index in [1.165, 1.54) is 17.2 Å². The second kappa shape index (κ2) is 10.6. The second-order valence-electron chi connectivity index (χ2n) is 6.15. The van der Waals surface area contributed by atoms with Crippen molar-refractivity contribution in [2.75, 3.05) is 20.1 Å². The summed E-state index contributed by atoms with van der Waals surface area (Å²) in [6.07, 6.45) is 0. The Morgan fingerprint density at radius 1 is 0.923 bits per heavy atom. The molecule has 0 aromatic heterocycles. The average molecular weight is 356 g/mol. The lowest BCUT2D eigenvalue weighted by Crippen LogP contribution is -2.36. The first-order valence-electron chi connectivity index (χ1n) is 9.14. The number of benzene rings is 2. The highest BCUT2D eigenvalue weighted by atomic mass is 19.1. The number of guanidine groups is 1. The van der Waals surface area contributed by atoms with E-state index in [4.69, 9.17) is 0 Å². The highest BCUT2D eigenvalue weighted by Gasteiger charge is 2.04. The third-order valence-electron chi connectivity index (χ3n) is 4.41. The van der Waals surface area contributed by atoms with E-state index >= 15 is 0 Å². The summed E-state index contributed by atoms with van der Waals surface area (Å²) in [5, 5.41) is 6.41. The summed E-state index contributed by atoms with van der Waals surface area (Å²) in [5.74, 6) is 0.444. The molecule has 2 N–H and O–H groups in total. The van der Waals surface area contributed by atoms with Crippen LogP contribution in [0.5, 0.6) is 0 Å². The van der Waals surface area contributed by atoms with Crippen LogP contribution in [0.15, 0.2) is 53.5 Å². The minimum absolute atomic E-state index is 0.209. The topological polar surface area (TPSA) is 39.7 Å². The number of nitrogens with one attached hydrogen (secondary N) is 2. The average Bonchev–Trinajstić information content (AvgIpc) is 2.68. The molecule has 0 saturated carbocycles. The number of halogens is 1. The van der Waals surface area contributed by atoms with Gasteiger partial charge in [-0.1, -0.05) is 56.3 Å². The fourth-order valence-electron chi connectivity index (χ4n) is 2.70. The van der Waals surface area contributed by atoms with Gasteiger partial charge in [0, 0.05) is 32.2 Å². The second-order valence-corrected chi connectivity index (χ2v) is 6.15. The molecule has 4 nitrogen and oxygen atoms in total. The first-order valence-corrected chi connectivity index (χ1v) is 9.14. The van der Waals surface area contributed by atoms with Gasteiger partial charge in [0.1, 0.15) is 5.82 Å². The van der Waals surface area contributed by atoms with Crippen molar-refractivity contribution in [1.82, 2.24) is 15.5 Å². The molecule has 0 spiro atoms. The SMILES string of the molecule is CCN(CC)Cc1ccc(CNC(=NC)NCc2ccccc2F)cc1. The largest absolute Gasteiger partial charge is 0.352 e. The van der Waals surface area contributed by atoms with Crippen LogP contribution in [-0.4, -0.2) is 31.0 Å².